The van der Waals surface area contributed by atoms with Crippen molar-refractivity contribution in [1.82, 2.24) is 19.2 Å². The van der Waals surface area contributed by atoms with Crippen LogP contribution >= 0.6 is 0 Å². The summed E-state index contributed by atoms with van der Waals surface area (Å²) in [4.78, 5) is 24.7. The molecule has 6 rings (SSSR count). The van der Waals surface area contributed by atoms with Crippen LogP contribution in [0.1, 0.15) is 23.2 Å². The highest BCUT2D eigenvalue weighted by molar-refractivity contribution is 7.89. The fourth-order valence-corrected chi connectivity index (χ4v) is 7.58. The first-order chi connectivity index (χ1) is 17.4. The van der Waals surface area contributed by atoms with Crippen molar-refractivity contribution in [1.29, 1.82) is 0 Å². The molecule has 3 fully saturated rings. The van der Waals surface area contributed by atoms with Gasteiger partial charge >= 0.3 is 0 Å². The summed E-state index contributed by atoms with van der Waals surface area (Å²) in [7, 11) is -3.65. The maximum Gasteiger partial charge on any atom is 0.251 e. The van der Waals surface area contributed by atoms with Crippen LogP contribution in [0.4, 0.5) is 5.95 Å². The van der Waals surface area contributed by atoms with E-state index in [4.69, 9.17) is 5.73 Å². The Morgan fingerprint density at radius 1 is 1.00 bits per heavy atom. The first-order valence-corrected chi connectivity index (χ1v) is 14.0. The van der Waals surface area contributed by atoms with E-state index in [2.05, 4.69) is 19.8 Å². The van der Waals surface area contributed by atoms with Gasteiger partial charge in [-0.2, -0.15) is 4.31 Å². The number of primary amides is 1. The molecule has 3 heterocycles. The predicted molar refractivity (Wildman–Crippen MR) is 137 cm³/mol. The molecule has 0 bridgehead atoms. The number of rotatable bonds is 8. The van der Waals surface area contributed by atoms with Gasteiger partial charge < -0.3 is 15.5 Å². The SMILES string of the molecule is NC(=O)c1cnc(N2CC3C(C2)C3N(CCN2CCCC2)S(=O)(=O)c2ccc3ccccc3c2)nc1. The number of fused-ring (bicyclic) bond motifs is 2. The molecule has 10 heteroatoms. The number of carbonyl (C=O) groups excluding carboxylic acids is 1. The van der Waals surface area contributed by atoms with Crippen LogP contribution in [0, 0.1) is 11.8 Å². The minimum absolute atomic E-state index is 0.0229. The molecule has 36 heavy (non-hydrogen) atoms. The second-order valence-electron chi connectivity index (χ2n) is 10.0. The Bertz CT molecular complexity index is 1380. The number of piperidine rings is 1. The number of amides is 1. The van der Waals surface area contributed by atoms with E-state index >= 15 is 0 Å². The lowest BCUT2D eigenvalue weighted by Crippen LogP contribution is -2.43. The molecule has 2 aromatic carbocycles. The van der Waals surface area contributed by atoms with Crippen LogP contribution in [0.15, 0.2) is 59.8 Å². The van der Waals surface area contributed by atoms with E-state index in [1.807, 2.05) is 30.3 Å². The number of carbonyl (C=O) groups is 1. The molecule has 188 valence electrons. The maximum absolute atomic E-state index is 14.0. The third-order valence-electron chi connectivity index (χ3n) is 7.85. The zero-order valence-corrected chi connectivity index (χ0v) is 20.8. The van der Waals surface area contributed by atoms with Gasteiger partial charge in [-0.3, -0.25) is 4.79 Å². The average molecular weight is 507 g/mol. The smallest absolute Gasteiger partial charge is 0.251 e. The standard InChI is InChI=1S/C26H30N6O3S/c27-25(33)20-14-28-26(29-15-20)31-16-22-23(17-31)24(22)32(12-11-30-9-3-4-10-30)36(34,35)21-8-7-18-5-1-2-6-19(18)13-21/h1-2,5-8,13-15,22-24H,3-4,9-12,16-17H2,(H2,27,33). The van der Waals surface area contributed by atoms with Crippen LogP contribution in [0.3, 0.4) is 0 Å². The zero-order chi connectivity index (χ0) is 24.9. The van der Waals surface area contributed by atoms with Crippen molar-refractivity contribution in [3.8, 4) is 0 Å². The Morgan fingerprint density at radius 2 is 1.67 bits per heavy atom. The fraction of sp³-hybridized carbons (Fsp3) is 0.423. The van der Waals surface area contributed by atoms with Crippen molar-refractivity contribution in [3.05, 3.63) is 60.4 Å². The van der Waals surface area contributed by atoms with Gasteiger partial charge in [0.15, 0.2) is 0 Å². The largest absolute Gasteiger partial charge is 0.366 e. The van der Waals surface area contributed by atoms with Gasteiger partial charge in [-0.15, -0.1) is 0 Å². The summed E-state index contributed by atoms with van der Waals surface area (Å²) in [6.07, 6.45) is 5.24. The van der Waals surface area contributed by atoms with Crippen LogP contribution in [0.2, 0.25) is 0 Å². The van der Waals surface area contributed by atoms with E-state index in [-0.39, 0.29) is 23.4 Å². The third kappa shape index (κ3) is 4.23. The number of hydrogen-bond donors (Lipinski definition) is 1. The molecule has 1 saturated carbocycles. The quantitative estimate of drug-likeness (QED) is 0.497. The van der Waals surface area contributed by atoms with Crippen molar-refractivity contribution >= 4 is 32.7 Å². The number of benzene rings is 2. The molecule has 2 atom stereocenters. The normalized spacial score (nSPS) is 23.9. The van der Waals surface area contributed by atoms with E-state index in [1.165, 1.54) is 25.2 Å². The molecule has 2 saturated heterocycles. The molecule has 3 aromatic rings. The first kappa shape index (κ1) is 23.3. The van der Waals surface area contributed by atoms with Crippen molar-refractivity contribution in [2.75, 3.05) is 44.2 Å². The first-order valence-electron chi connectivity index (χ1n) is 12.5. The summed E-state index contributed by atoms with van der Waals surface area (Å²) in [5, 5.41) is 1.96. The lowest BCUT2D eigenvalue weighted by atomic mass is 10.1. The van der Waals surface area contributed by atoms with E-state index < -0.39 is 15.9 Å². The second kappa shape index (κ2) is 9.10. The molecule has 3 aliphatic rings. The maximum atomic E-state index is 14.0. The van der Waals surface area contributed by atoms with Crippen molar-refractivity contribution in [2.24, 2.45) is 17.6 Å². The highest BCUT2D eigenvalue weighted by Crippen LogP contribution is 2.51. The van der Waals surface area contributed by atoms with E-state index in [0.29, 0.717) is 30.5 Å². The Balaban J connectivity index is 1.23. The number of anilines is 1. The molecule has 0 radical (unpaired) electrons. The summed E-state index contributed by atoms with van der Waals surface area (Å²) in [5.41, 5.74) is 5.57. The molecule has 1 amide bonds. The summed E-state index contributed by atoms with van der Waals surface area (Å²) in [5.74, 6) is 0.460. The van der Waals surface area contributed by atoms with E-state index in [1.54, 1.807) is 16.4 Å². The molecule has 2 aliphatic heterocycles. The van der Waals surface area contributed by atoms with Crippen LogP contribution < -0.4 is 10.6 Å². The lowest BCUT2D eigenvalue weighted by Gasteiger charge is -2.28. The minimum Gasteiger partial charge on any atom is -0.366 e. The molecule has 1 aromatic heterocycles. The Labute approximate surface area is 211 Å². The fourth-order valence-electron chi connectivity index (χ4n) is 5.84. The van der Waals surface area contributed by atoms with Crippen LogP contribution in [-0.4, -0.2) is 78.8 Å². The topological polar surface area (TPSA) is 113 Å². The molecular formula is C26H30N6O3S. The highest BCUT2D eigenvalue weighted by atomic mass is 32.2. The number of sulfonamides is 1. The Morgan fingerprint density at radius 3 is 2.33 bits per heavy atom. The Hall–Kier alpha value is -3.08. The molecule has 2 N–H and O–H groups in total. The summed E-state index contributed by atoms with van der Waals surface area (Å²) >= 11 is 0. The van der Waals surface area contributed by atoms with Gasteiger partial charge in [-0.1, -0.05) is 30.3 Å². The monoisotopic (exact) mass is 506 g/mol. The third-order valence-corrected chi connectivity index (χ3v) is 9.74. The van der Waals surface area contributed by atoms with Gasteiger partial charge in [0.2, 0.25) is 16.0 Å². The molecule has 0 spiro atoms. The van der Waals surface area contributed by atoms with Gasteiger partial charge in [0.1, 0.15) is 0 Å². The second-order valence-corrected chi connectivity index (χ2v) is 11.9. The van der Waals surface area contributed by atoms with E-state index in [9.17, 15) is 13.2 Å². The predicted octanol–water partition coefficient (Wildman–Crippen LogP) is 1.95. The zero-order valence-electron chi connectivity index (χ0n) is 20.0. The lowest BCUT2D eigenvalue weighted by molar-refractivity contribution is 0.0999. The van der Waals surface area contributed by atoms with Crippen molar-refractivity contribution in [2.45, 2.75) is 23.8 Å². The van der Waals surface area contributed by atoms with Gasteiger partial charge in [0.05, 0.1) is 10.5 Å². The van der Waals surface area contributed by atoms with Crippen molar-refractivity contribution < 1.29 is 13.2 Å². The summed E-state index contributed by atoms with van der Waals surface area (Å²) < 4.78 is 29.7. The van der Waals surface area contributed by atoms with E-state index in [0.717, 1.165) is 30.4 Å². The number of aromatic nitrogens is 2. The van der Waals surface area contributed by atoms with Crippen molar-refractivity contribution in [3.63, 3.8) is 0 Å². The highest BCUT2D eigenvalue weighted by Gasteiger charge is 2.61. The summed E-state index contributed by atoms with van der Waals surface area (Å²) in [6, 6.07) is 13.2. The molecule has 2 unspecified atom stereocenters. The van der Waals surface area contributed by atoms with Gasteiger partial charge in [-0.05, 0) is 60.7 Å². The van der Waals surface area contributed by atoms with Crippen LogP contribution in [0.5, 0.6) is 0 Å². The van der Waals surface area contributed by atoms with Gasteiger partial charge in [-0.25, -0.2) is 18.4 Å². The van der Waals surface area contributed by atoms with Crippen LogP contribution in [-0.2, 0) is 10.0 Å². The average Bonchev–Trinajstić information content (AvgIpc) is 3.26. The van der Waals surface area contributed by atoms with Gasteiger partial charge in [0.25, 0.3) is 5.91 Å². The number of nitrogens with zero attached hydrogens (tertiary/aromatic N) is 5. The van der Waals surface area contributed by atoms with Crippen LogP contribution in [0.25, 0.3) is 10.8 Å². The number of nitrogens with two attached hydrogens (primary N) is 1. The molecule has 9 nitrogen and oxygen atoms in total. The number of hydrogen-bond acceptors (Lipinski definition) is 7. The Kier molecular flexibility index (Phi) is 5.89. The summed E-state index contributed by atoms with van der Waals surface area (Å²) in [6.45, 7) is 4.71. The minimum atomic E-state index is -3.65. The number of likely N-dealkylation sites (tertiary alicyclic amines) is 1. The van der Waals surface area contributed by atoms with Gasteiger partial charge in [0, 0.05) is 44.6 Å². The molecule has 1 aliphatic carbocycles. The molecular weight excluding hydrogens is 476 g/mol.